The third kappa shape index (κ3) is 3.83. The zero-order valence-electron chi connectivity index (χ0n) is 15.1. The van der Waals surface area contributed by atoms with Gasteiger partial charge < -0.3 is 10.0 Å². The summed E-state index contributed by atoms with van der Waals surface area (Å²) in [5.41, 5.74) is 1.67. The van der Waals surface area contributed by atoms with Crippen LogP contribution in [0.25, 0.3) is 10.9 Å². The summed E-state index contributed by atoms with van der Waals surface area (Å²) in [4.78, 5) is 21.5. The van der Waals surface area contributed by atoms with E-state index in [1.807, 2.05) is 29.1 Å². The highest BCUT2D eigenvalue weighted by Gasteiger charge is 2.18. The summed E-state index contributed by atoms with van der Waals surface area (Å²) < 4.78 is 3.29. The van der Waals surface area contributed by atoms with Gasteiger partial charge in [-0.05, 0) is 18.2 Å². The van der Waals surface area contributed by atoms with Crippen molar-refractivity contribution in [1.82, 2.24) is 29.4 Å². The fourth-order valence-corrected chi connectivity index (χ4v) is 3.44. The molecule has 1 aromatic carbocycles. The van der Waals surface area contributed by atoms with Gasteiger partial charge >= 0.3 is 0 Å². The van der Waals surface area contributed by atoms with Crippen LogP contribution in [-0.4, -0.2) is 73.9 Å². The zero-order chi connectivity index (χ0) is 18.6. The van der Waals surface area contributed by atoms with Crippen LogP contribution in [0.2, 0.25) is 0 Å². The van der Waals surface area contributed by atoms with Gasteiger partial charge in [0.1, 0.15) is 0 Å². The summed E-state index contributed by atoms with van der Waals surface area (Å²) in [5, 5.41) is 17.4. The lowest BCUT2D eigenvalue weighted by Gasteiger charge is -2.36. The molecule has 0 atom stereocenters. The molecule has 2 aromatic heterocycles. The molecule has 0 spiro atoms. The highest BCUT2D eigenvalue weighted by Crippen LogP contribution is 2.20. The second kappa shape index (κ2) is 7.85. The number of benzene rings is 1. The van der Waals surface area contributed by atoms with Gasteiger partial charge in [0, 0.05) is 44.6 Å². The van der Waals surface area contributed by atoms with Gasteiger partial charge in [0.2, 0.25) is 0 Å². The number of fused-ring (bicyclic) bond motifs is 1. The van der Waals surface area contributed by atoms with E-state index in [1.54, 1.807) is 6.20 Å². The minimum atomic E-state index is -0.112. The fourth-order valence-electron chi connectivity index (χ4n) is 3.44. The van der Waals surface area contributed by atoms with Crippen LogP contribution in [0.3, 0.4) is 0 Å². The molecule has 0 unspecified atom stereocenters. The Morgan fingerprint density at radius 1 is 1.07 bits per heavy atom. The molecule has 3 aromatic rings. The van der Waals surface area contributed by atoms with Crippen molar-refractivity contribution in [3.63, 3.8) is 0 Å². The zero-order valence-corrected chi connectivity index (χ0v) is 15.1. The first-order chi connectivity index (χ1) is 13.2. The van der Waals surface area contributed by atoms with Gasteiger partial charge in [-0.25, -0.2) is 4.98 Å². The summed E-state index contributed by atoms with van der Waals surface area (Å²) in [6.45, 7) is 5.83. The summed E-state index contributed by atoms with van der Waals surface area (Å²) in [6.07, 6.45) is 5.09. The van der Waals surface area contributed by atoms with E-state index in [4.69, 9.17) is 5.11 Å². The van der Waals surface area contributed by atoms with E-state index in [1.165, 1.54) is 10.9 Å². The topological polar surface area (TPSA) is 92.3 Å². The normalized spacial score (nSPS) is 15.5. The van der Waals surface area contributed by atoms with Gasteiger partial charge in [-0.3, -0.25) is 18.9 Å². The molecule has 1 saturated heterocycles. The Labute approximate surface area is 156 Å². The van der Waals surface area contributed by atoms with Crippen LogP contribution in [0.1, 0.15) is 0 Å². The Morgan fingerprint density at radius 3 is 2.67 bits per heavy atom. The van der Waals surface area contributed by atoms with Gasteiger partial charge in [-0.2, -0.15) is 0 Å². The van der Waals surface area contributed by atoms with Crippen molar-refractivity contribution in [2.75, 3.05) is 44.2 Å². The number of hydrogen-bond acceptors (Lipinski definition) is 7. The molecule has 0 amide bonds. The van der Waals surface area contributed by atoms with E-state index >= 15 is 0 Å². The Morgan fingerprint density at radius 2 is 1.93 bits per heavy atom. The first-order valence-electron chi connectivity index (χ1n) is 9.16. The number of anilines is 1. The second-order valence-corrected chi connectivity index (χ2v) is 6.66. The predicted molar refractivity (Wildman–Crippen MR) is 102 cm³/mol. The third-order valence-electron chi connectivity index (χ3n) is 5.00. The molecule has 0 radical (unpaired) electrons. The fraction of sp³-hybridized carbons (Fsp3) is 0.444. The van der Waals surface area contributed by atoms with Gasteiger partial charge in [0.25, 0.3) is 5.56 Å². The van der Waals surface area contributed by atoms with Crippen LogP contribution in [-0.2, 0) is 13.1 Å². The largest absolute Gasteiger partial charge is 0.395 e. The van der Waals surface area contributed by atoms with Crippen LogP contribution in [0.5, 0.6) is 0 Å². The van der Waals surface area contributed by atoms with Crippen molar-refractivity contribution in [1.29, 1.82) is 0 Å². The molecule has 1 fully saturated rings. The van der Waals surface area contributed by atoms with E-state index in [2.05, 4.69) is 25.1 Å². The van der Waals surface area contributed by atoms with Crippen molar-refractivity contribution in [2.45, 2.75) is 13.1 Å². The number of aliphatic hydroxyl groups excluding tert-OH is 1. The Bertz CT molecular complexity index is 946. The quantitative estimate of drug-likeness (QED) is 0.643. The van der Waals surface area contributed by atoms with E-state index < -0.39 is 0 Å². The van der Waals surface area contributed by atoms with Gasteiger partial charge in [-0.15, -0.1) is 5.10 Å². The lowest BCUT2D eigenvalue weighted by molar-refractivity contribution is 0.244. The minimum absolute atomic E-state index is 0.0770. The monoisotopic (exact) mass is 369 g/mol. The SMILES string of the molecule is O=c1c2ccc(N3CCN(CCn4ccnn4)CC3)cc2ncn1CCO. The van der Waals surface area contributed by atoms with E-state index in [9.17, 15) is 4.79 Å². The number of nitrogens with zero attached hydrogens (tertiary/aromatic N) is 7. The van der Waals surface area contributed by atoms with Crippen molar-refractivity contribution in [3.8, 4) is 0 Å². The number of rotatable bonds is 6. The number of aromatic nitrogens is 5. The maximum atomic E-state index is 12.4. The maximum absolute atomic E-state index is 12.4. The summed E-state index contributed by atoms with van der Waals surface area (Å²) >= 11 is 0. The molecule has 0 bridgehead atoms. The van der Waals surface area contributed by atoms with Crippen molar-refractivity contribution in [3.05, 3.63) is 47.3 Å². The average Bonchev–Trinajstić information content (AvgIpc) is 3.22. The molecule has 142 valence electrons. The summed E-state index contributed by atoms with van der Waals surface area (Å²) in [7, 11) is 0. The molecule has 1 aliphatic heterocycles. The predicted octanol–water partition coefficient (Wildman–Crippen LogP) is -0.197. The first-order valence-corrected chi connectivity index (χ1v) is 9.16. The number of hydrogen-bond donors (Lipinski definition) is 1. The molecule has 1 aliphatic rings. The molecule has 3 heterocycles. The Kier molecular flexibility index (Phi) is 5.12. The van der Waals surface area contributed by atoms with E-state index in [0.717, 1.165) is 45.0 Å². The van der Waals surface area contributed by atoms with Crippen molar-refractivity contribution >= 4 is 16.6 Å². The molecule has 9 heteroatoms. The Hall–Kier alpha value is -2.78. The van der Waals surface area contributed by atoms with Gasteiger partial charge in [0.05, 0.1) is 43.1 Å². The highest BCUT2D eigenvalue weighted by atomic mass is 16.3. The molecule has 1 N–H and O–H groups in total. The summed E-state index contributed by atoms with van der Waals surface area (Å²) in [6, 6.07) is 5.80. The molecule has 0 saturated carbocycles. The first kappa shape index (κ1) is 17.6. The molecular formula is C18H23N7O2. The molecule has 9 nitrogen and oxygen atoms in total. The van der Waals surface area contributed by atoms with Crippen molar-refractivity contribution < 1.29 is 5.11 Å². The highest BCUT2D eigenvalue weighted by molar-refractivity contribution is 5.81. The smallest absolute Gasteiger partial charge is 0.261 e. The van der Waals surface area contributed by atoms with Crippen LogP contribution in [0.15, 0.2) is 41.7 Å². The molecule has 27 heavy (non-hydrogen) atoms. The lowest BCUT2D eigenvalue weighted by Crippen LogP contribution is -2.47. The molecule has 4 rings (SSSR count). The second-order valence-electron chi connectivity index (χ2n) is 6.66. The van der Waals surface area contributed by atoms with E-state index in [0.29, 0.717) is 10.9 Å². The van der Waals surface area contributed by atoms with Crippen molar-refractivity contribution in [2.24, 2.45) is 0 Å². The molecular weight excluding hydrogens is 346 g/mol. The lowest BCUT2D eigenvalue weighted by atomic mass is 10.2. The van der Waals surface area contributed by atoms with Crippen LogP contribution < -0.4 is 10.5 Å². The van der Waals surface area contributed by atoms with Crippen LogP contribution >= 0.6 is 0 Å². The number of piperazine rings is 1. The Balaban J connectivity index is 1.41. The van der Waals surface area contributed by atoms with Gasteiger partial charge in [-0.1, -0.05) is 5.21 Å². The van der Waals surface area contributed by atoms with Crippen LogP contribution in [0, 0.1) is 0 Å². The third-order valence-corrected chi connectivity index (χ3v) is 5.00. The number of aliphatic hydroxyl groups is 1. The van der Waals surface area contributed by atoms with Gasteiger partial charge in [0.15, 0.2) is 0 Å². The van der Waals surface area contributed by atoms with Crippen LogP contribution in [0.4, 0.5) is 5.69 Å². The maximum Gasteiger partial charge on any atom is 0.261 e. The van der Waals surface area contributed by atoms with E-state index in [-0.39, 0.29) is 18.7 Å². The molecule has 0 aliphatic carbocycles. The minimum Gasteiger partial charge on any atom is -0.395 e. The average molecular weight is 369 g/mol. The standard InChI is InChI=1S/C18H23N7O2/c26-12-11-24-14-19-17-13-15(1-2-16(17)18(24)27)23-8-5-22(6-9-23)7-10-25-4-3-20-21-25/h1-4,13-14,26H,5-12H2. The summed E-state index contributed by atoms with van der Waals surface area (Å²) in [5.74, 6) is 0.